The van der Waals surface area contributed by atoms with Gasteiger partial charge in [0.15, 0.2) is 0 Å². The maximum absolute atomic E-state index is 12.8. The van der Waals surface area contributed by atoms with Gasteiger partial charge in [0.05, 0.1) is 5.39 Å². The SMILES string of the molecule is C=CC(=O)N1CCC(c2c(-c3ccc(C(=O)N4CCCC4)cc3)c3c(N)ncnc3n2C)C1. The number of nitrogens with zero attached hydrogens (tertiary/aromatic N) is 5. The molecule has 2 fully saturated rings. The summed E-state index contributed by atoms with van der Waals surface area (Å²) < 4.78 is 2.07. The van der Waals surface area contributed by atoms with Gasteiger partial charge in [-0.3, -0.25) is 9.59 Å². The van der Waals surface area contributed by atoms with E-state index in [2.05, 4.69) is 21.1 Å². The Balaban J connectivity index is 1.59. The summed E-state index contributed by atoms with van der Waals surface area (Å²) in [5.74, 6) is 0.579. The smallest absolute Gasteiger partial charge is 0.253 e. The highest BCUT2D eigenvalue weighted by Crippen LogP contribution is 2.42. The zero-order valence-electron chi connectivity index (χ0n) is 18.8. The zero-order valence-corrected chi connectivity index (χ0v) is 18.8. The minimum atomic E-state index is -0.0538. The molecule has 2 aliphatic rings. The van der Waals surface area contributed by atoms with Crippen molar-refractivity contribution in [3.05, 3.63) is 54.5 Å². The molecule has 170 valence electrons. The molecule has 2 aliphatic heterocycles. The van der Waals surface area contributed by atoms with Crippen molar-refractivity contribution in [2.75, 3.05) is 31.9 Å². The topological polar surface area (TPSA) is 97.3 Å². The average molecular weight is 445 g/mol. The number of hydrogen-bond acceptors (Lipinski definition) is 5. The van der Waals surface area contributed by atoms with E-state index in [-0.39, 0.29) is 17.7 Å². The molecule has 0 radical (unpaired) electrons. The summed E-state index contributed by atoms with van der Waals surface area (Å²) in [5.41, 5.74) is 10.8. The third-order valence-corrected chi connectivity index (χ3v) is 6.92. The van der Waals surface area contributed by atoms with Gasteiger partial charge in [-0.1, -0.05) is 18.7 Å². The number of likely N-dealkylation sites (tertiary alicyclic amines) is 2. The highest BCUT2D eigenvalue weighted by atomic mass is 16.2. The minimum Gasteiger partial charge on any atom is -0.383 e. The Bertz CT molecular complexity index is 1240. The standard InChI is InChI=1S/C25H28N6O2/c1-3-19(32)31-13-10-18(14-31)22-20(21-23(26)27-15-28-24(21)29(22)2)16-6-8-17(9-7-16)25(33)30-11-4-5-12-30/h3,6-9,15,18H,1,4-5,10-14H2,2H3,(H2,26,27,28). The Morgan fingerprint density at radius 1 is 1.09 bits per heavy atom. The van der Waals surface area contributed by atoms with Gasteiger partial charge in [-0.25, -0.2) is 9.97 Å². The van der Waals surface area contributed by atoms with Crippen molar-refractivity contribution >= 4 is 28.7 Å². The quantitative estimate of drug-likeness (QED) is 0.624. The summed E-state index contributed by atoms with van der Waals surface area (Å²) >= 11 is 0. The second-order valence-electron chi connectivity index (χ2n) is 8.83. The Labute approximate surface area is 192 Å². The summed E-state index contributed by atoms with van der Waals surface area (Å²) in [6.07, 6.45) is 5.82. The molecule has 4 heterocycles. The number of aryl methyl sites for hydroxylation is 1. The van der Waals surface area contributed by atoms with E-state index >= 15 is 0 Å². The molecule has 2 aromatic heterocycles. The van der Waals surface area contributed by atoms with Crippen molar-refractivity contribution in [1.29, 1.82) is 0 Å². The maximum Gasteiger partial charge on any atom is 0.253 e. The summed E-state index contributed by atoms with van der Waals surface area (Å²) in [4.78, 5) is 37.5. The number of rotatable bonds is 4. The van der Waals surface area contributed by atoms with E-state index in [4.69, 9.17) is 5.73 Å². The fourth-order valence-corrected chi connectivity index (χ4v) is 5.26. The summed E-state index contributed by atoms with van der Waals surface area (Å²) in [6.45, 7) is 6.56. The summed E-state index contributed by atoms with van der Waals surface area (Å²) in [7, 11) is 1.98. The monoisotopic (exact) mass is 444 g/mol. The molecule has 0 aliphatic carbocycles. The van der Waals surface area contributed by atoms with Crippen LogP contribution in [0.2, 0.25) is 0 Å². The van der Waals surface area contributed by atoms with Crippen LogP contribution in [0.25, 0.3) is 22.2 Å². The molecule has 8 nitrogen and oxygen atoms in total. The number of carbonyl (C=O) groups excluding carboxylic acids is 2. The first-order valence-corrected chi connectivity index (χ1v) is 11.4. The molecule has 1 unspecified atom stereocenters. The van der Waals surface area contributed by atoms with E-state index in [0.717, 1.165) is 60.2 Å². The van der Waals surface area contributed by atoms with Crippen LogP contribution in [0.5, 0.6) is 0 Å². The zero-order chi connectivity index (χ0) is 23.1. The molecule has 33 heavy (non-hydrogen) atoms. The lowest BCUT2D eigenvalue weighted by molar-refractivity contribution is -0.125. The number of benzene rings is 1. The van der Waals surface area contributed by atoms with E-state index in [1.165, 1.54) is 12.4 Å². The van der Waals surface area contributed by atoms with Crippen LogP contribution in [0.3, 0.4) is 0 Å². The van der Waals surface area contributed by atoms with Crippen molar-refractivity contribution in [3.63, 3.8) is 0 Å². The largest absolute Gasteiger partial charge is 0.383 e. The average Bonchev–Trinajstić information content (AvgIpc) is 3.59. The molecule has 1 aromatic carbocycles. The molecule has 0 saturated carbocycles. The van der Waals surface area contributed by atoms with Crippen LogP contribution in [-0.4, -0.2) is 62.3 Å². The third-order valence-electron chi connectivity index (χ3n) is 6.92. The van der Waals surface area contributed by atoms with Gasteiger partial charge in [0.25, 0.3) is 5.91 Å². The summed E-state index contributed by atoms with van der Waals surface area (Å²) in [5, 5.41) is 0.808. The van der Waals surface area contributed by atoms with Crippen molar-refractivity contribution in [2.24, 2.45) is 7.05 Å². The number of anilines is 1. The third kappa shape index (κ3) is 3.55. The van der Waals surface area contributed by atoms with E-state index in [1.807, 2.05) is 41.1 Å². The summed E-state index contributed by atoms with van der Waals surface area (Å²) in [6, 6.07) is 7.74. The minimum absolute atomic E-state index is 0.0538. The van der Waals surface area contributed by atoms with Crippen LogP contribution in [0.15, 0.2) is 43.2 Å². The lowest BCUT2D eigenvalue weighted by Gasteiger charge is -2.18. The maximum atomic E-state index is 12.8. The molecular weight excluding hydrogens is 416 g/mol. The van der Waals surface area contributed by atoms with Gasteiger partial charge in [-0.15, -0.1) is 0 Å². The van der Waals surface area contributed by atoms with Crippen LogP contribution < -0.4 is 5.73 Å². The lowest BCUT2D eigenvalue weighted by Crippen LogP contribution is -2.27. The van der Waals surface area contributed by atoms with Gasteiger partial charge in [-0.05, 0) is 43.0 Å². The van der Waals surface area contributed by atoms with E-state index < -0.39 is 0 Å². The molecule has 2 amide bonds. The number of fused-ring (bicyclic) bond motifs is 1. The van der Waals surface area contributed by atoms with E-state index in [9.17, 15) is 9.59 Å². The molecule has 8 heteroatoms. The Hall–Kier alpha value is -3.68. The van der Waals surface area contributed by atoms with Crippen molar-refractivity contribution in [2.45, 2.75) is 25.2 Å². The van der Waals surface area contributed by atoms with Crippen molar-refractivity contribution in [1.82, 2.24) is 24.3 Å². The van der Waals surface area contributed by atoms with E-state index in [0.29, 0.717) is 24.5 Å². The number of hydrogen-bond donors (Lipinski definition) is 1. The number of nitrogens with two attached hydrogens (primary N) is 1. The van der Waals surface area contributed by atoms with Crippen LogP contribution in [0.1, 0.15) is 41.2 Å². The van der Waals surface area contributed by atoms with Gasteiger partial charge >= 0.3 is 0 Å². The normalized spacial score (nSPS) is 18.3. The van der Waals surface area contributed by atoms with Gasteiger partial charge < -0.3 is 20.1 Å². The Kier molecular flexibility index (Phi) is 5.36. The predicted octanol–water partition coefficient (Wildman–Crippen LogP) is 2.96. The number of carbonyl (C=O) groups is 2. The first kappa shape index (κ1) is 21.2. The molecule has 3 aromatic rings. The highest BCUT2D eigenvalue weighted by molar-refractivity contribution is 6.03. The first-order valence-electron chi connectivity index (χ1n) is 11.4. The second-order valence-corrected chi connectivity index (χ2v) is 8.83. The van der Waals surface area contributed by atoms with Crippen molar-refractivity contribution < 1.29 is 9.59 Å². The van der Waals surface area contributed by atoms with Gasteiger partial charge in [0.2, 0.25) is 5.91 Å². The Morgan fingerprint density at radius 3 is 2.52 bits per heavy atom. The molecule has 2 saturated heterocycles. The van der Waals surface area contributed by atoms with Gasteiger partial charge in [0.1, 0.15) is 17.8 Å². The molecular formula is C25H28N6O2. The molecule has 0 spiro atoms. The van der Waals surface area contributed by atoms with E-state index in [1.54, 1.807) is 0 Å². The number of amides is 2. The molecule has 5 rings (SSSR count). The second kappa shape index (κ2) is 8.35. The van der Waals surface area contributed by atoms with Crippen LogP contribution >= 0.6 is 0 Å². The number of nitrogen functional groups attached to an aromatic ring is 1. The van der Waals surface area contributed by atoms with Gasteiger partial charge in [0, 0.05) is 56.0 Å². The van der Waals surface area contributed by atoms with Crippen LogP contribution in [-0.2, 0) is 11.8 Å². The lowest BCUT2D eigenvalue weighted by atomic mass is 9.94. The van der Waals surface area contributed by atoms with Gasteiger partial charge in [-0.2, -0.15) is 0 Å². The van der Waals surface area contributed by atoms with Crippen LogP contribution in [0, 0.1) is 0 Å². The molecule has 1 atom stereocenters. The van der Waals surface area contributed by atoms with Crippen LogP contribution in [0.4, 0.5) is 5.82 Å². The Morgan fingerprint density at radius 2 is 1.82 bits per heavy atom. The predicted molar refractivity (Wildman–Crippen MR) is 128 cm³/mol. The molecule has 0 bridgehead atoms. The molecule has 2 N–H and O–H groups in total. The van der Waals surface area contributed by atoms with Crippen molar-refractivity contribution in [3.8, 4) is 11.1 Å². The fourth-order valence-electron chi connectivity index (χ4n) is 5.26. The highest BCUT2D eigenvalue weighted by Gasteiger charge is 2.32. The fraction of sp³-hybridized carbons (Fsp3) is 0.360. The first-order chi connectivity index (χ1) is 16.0. The number of aromatic nitrogens is 3.